The van der Waals surface area contributed by atoms with Gasteiger partial charge in [0.2, 0.25) is 0 Å². The highest BCUT2D eigenvalue weighted by Crippen LogP contribution is 2.28. The largest absolute Gasteiger partial charge is 0.417 e. The Bertz CT molecular complexity index is 463. The molecule has 0 spiro atoms. The van der Waals surface area contributed by atoms with Crippen LogP contribution in [0.4, 0.5) is 13.2 Å². The lowest BCUT2D eigenvalue weighted by atomic mass is 10.2. The van der Waals surface area contributed by atoms with E-state index in [-0.39, 0.29) is 5.69 Å². The van der Waals surface area contributed by atoms with E-state index >= 15 is 0 Å². The Hall–Kier alpha value is -2.10. The Kier molecular flexibility index (Phi) is 5.30. The third-order valence-corrected chi connectivity index (χ3v) is 2.32. The molecule has 0 saturated heterocycles. The maximum absolute atomic E-state index is 12.3. The lowest BCUT2D eigenvalue weighted by Crippen LogP contribution is -2.25. The fourth-order valence-corrected chi connectivity index (χ4v) is 1.32. The molecule has 4 nitrogen and oxygen atoms in total. The van der Waals surface area contributed by atoms with Crippen molar-refractivity contribution in [2.45, 2.75) is 25.4 Å². The summed E-state index contributed by atoms with van der Waals surface area (Å²) in [6.45, 7) is 0.364. The van der Waals surface area contributed by atoms with Crippen molar-refractivity contribution in [3.8, 4) is 6.07 Å². The lowest BCUT2D eigenvalue weighted by Gasteiger charge is -2.07. The first-order valence-electron chi connectivity index (χ1n) is 5.63. The van der Waals surface area contributed by atoms with Gasteiger partial charge in [0.15, 0.2) is 0 Å². The fraction of sp³-hybridized carbons (Fsp3) is 0.417. The molecule has 1 N–H and O–H groups in total. The standard InChI is InChI=1S/C12H12F3N3O/c13-12(14,15)9-4-5-10(18-8-9)11(19)17-7-3-1-2-6-16/h4-5,8H,1-3,7H2,(H,17,19). The van der Waals surface area contributed by atoms with Gasteiger partial charge in [0.05, 0.1) is 11.6 Å². The highest BCUT2D eigenvalue weighted by molar-refractivity contribution is 5.92. The maximum Gasteiger partial charge on any atom is 0.417 e. The number of nitrogens with zero attached hydrogens (tertiary/aromatic N) is 2. The summed E-state index contributed by atoms with van der Waals surface area (Å²) >= 11 is 0. The molecule has 0 bridgehead atoms. The number of carbonyl (C=O) groups excluding carboxylic acids is 1. The SMILES string of the molecule is N#CCCCCNC(=O)c1ccc(C(F)(F)F)cn1. The molecule has 0 aliphatic rings. The normalized spacial score (nSPS) is 10.8. The summed E-state index contributed by atoms with van der Waals surface area (Å²) in [6.07, 6.45) is -2.12. The van der Waals surface area contributed by atoms with Crippen molar-refractivity contribution in [3.63, 3.8) is 0 Å². The number of carbonyl (C=O) groups is 1. The minimum absolute atomic E-state index is 0.0618. The molecule has 1 heterocycles. The van der Waals surface area contributed by atoms with Gasteiger partial charge in [-0.15, -0.1) is 0 Å². The van der Waals surface area contributed by atoms with Crippen LogP contribution in [0.25, 0.3) is 0 Å². The Morgan fingerprint density at radius 2 is 2.11 bits per heavy atom. The zero-order valence-corrected chi connectivity index (χ0v) is 10.00. The molecule has 1 rings (SSSR count). The van der Waals surface area contributed by atoms with Crippen LogP contribution >= 0.6 is 0 Å². The maximum atomic E-state index is 12.3. The minimum atomic E-state index is -4.46. The number of nitriles is 1. The summed E-state index contributed by atoms with van der Waals surface area (Å²) in [5.41, 5.74) is -0.952. The van der Waals surface area contributed by atoms with Gasteiger partial charge in [-0.05, 0) is 25.0 Å². The molecule has 0 unspecified atom stereocenters. The molecule has 0 fully saturated rings. The molecule has 1 aromatic heterocycles. The molecule has 0 aliphatic heterocycles. The van der Waals surface area contributed by atoms with Crippen LogP contribution < -0.4 is 5.32 Å². The number of hydrogen-bond donors (Lipinski definition) is 1. The number of alkyl halides is 3. The van der Waals surface area contributed by atoms with Gasteiger partial charge in [0.1, 0.15) is 5.69 Å². The predicted molar refractivity (Wildman–Crippen MR) is 61.0 cm³/mol. The predicted octanol–water partition coefficient (Wildman–Crippen LogP) is 2.52. The van der Waals surface area contributed by atoms with E-state index in [4.69, 9.17) is 5.26 Å². The molecule has 0 radical (unpaired) electrons. The molecule has 0 atom stereocenters. The summed E-state index contributed by atoms with van der Waals surface area (Å²) < 4.78 is 36.8. The summed E-state index contributed by atoms with van der Waals surface area (Å²) in [7, 11) is 0. The van der Waals surface area contributed by atoms with Crippen LogP contribution in [0.3, 0.4) is 0 Å². The summed E-state index contributed by atoms with van der Waals surface area (Å²) in [5, 5.41) is 10.8. The monoisotopic (exact) mass is 271 g/mol. The Labute approximate surface area is 108 Å². The van der Waals surface area contributed by atoms with E-state index in [0.29, 0.717) is 32.0 Å². The molecule has 7 heteroatoms. The second-order valence-corrected chi connectivity index (χ2v) is 3.80. The van der Waals surface area contributed by atoms with Crippen LogP contribution in [0.1, 0.15) is 35.3 Å². The number of rotatable bonds is 5. The molecule has 1 amide bonds. The van der Waals surface area contributed by atoms with Gasteiger partial charge in [-0.25, -0.2) is 0 Å². The van der Waals surface area contributed by atoms with E-state index in [9.17, 15) is 18.0 Å². The zero-order chi connectivity index (χ0) is 14.3. The number of halogens is 3. The van der Waals surface area contributed by atoms with Gasteiger partial charge in [-0.1, -0.05) is 0 Å². The Morgan fingerprint density at radius 1 is 1.37 bits per heavy atom. The van der Waals surface area contributed by atoms with Crippen LogP contribution in [0.15, 0.2) is 18.3 Å². The van der Waals surface area contributed by atoms with Crippen molar-refractivity contribution < 1.29 is 18.0 Å². The van der Waals surface area contributed by atoms with Gasteiger partial charge < -0.3 is 5.32 Å². The average molecular weight is 271 g/mol. The van der Waals surface area contributed by atoms with E-state index in [0.717, 1.165) is 12.1 Å². The van der Waals surface area contributed by atoms with Gasteiger partial charge >= 0.3 is 6.18 Å². The Morgan fingerprint density at radius 3 is 2.63 bits per heavy atom. The second kappa shape index (κ2) is 6.73. The number of nitrogens with one attached hydrogen (secondary N) is 1. The third kappa shape index (κ3) is 4.95. The van der Waals surface area contributed by atoms with Gasteiger partial charge in [-0.2, -0.15) is 18.4 Å². The molecule has 0 aliphatic carbocycles. The molecule has 19 heavy (non-hydrogen) atoms. The van der Waals surface area contributed by atoms with E-state index in [1.165, 1.54) is 0 Å². The van der Waals surface area contributed by atoms with Gasteiger partial charge in [0.25, 0.3) is 5.91 Å². The van der Waals surface area contributed by atoms with Gasteiger partial charge in [0, 0.05) is 19.2 Å². The number of pyridine rings is 1. The van der Waals surface area contributed by atoms with Crippen LogP contribution in [-0.4, -0.2) is 17.4 Å². The molecule has 0 aromatic carbocycles. The zero-order valence-electron chi connectivity index (χ0n) is 10.00. The summed E-state index contributed by atoms with van der Waals surface area (Å²) in [4.78, 5) is 15.0. The highest BCUT2D eigenvalue weighted by Gasteiger charge is 2.30. The minimum Gasteiger partial charge on any atom is -0.351 e. The summed E-state index contributed by atoms with van der Waals surface area (Å²) in [6, 6.07) is 3.83. The van der Waals surface area contributed by atoms with Crippen LogP contribution in [0.5, 0.6) is 0 Å². The first-order valence-corrected chi connectivity index (χ1v) is 5.63. The van der Waals surface area contributed by atoms with Crippen LogP contribution in [0.2, 0.25) is 0 Å². The first-order chi connectivity index (χ1) is 8.95. The van der Waals surface area contributed by atoms with E-state index in [1.54, 1.807) is 0 Å². The lowest BCUT2D eigenvalue weighted by molar-refractivity contribution is -0.137. The average Bonchev–Trinajstić information content (AvgIpc) is 2.37. The van der Waals surface area contributed by atoms with Crippen molar-refractivity contribution in [1.29, 1.82) is 5.26 Å². The molecule has 102 valence electrons. The van der Waals surface area contributed by atoms with Crippen molar-refractivity contribution in [1.82, 2.24) is 10.3 Å². The van der Waals surface area contributed by atoms with Crippen molar-refractivity contribution in [2.75, 3.05) is 6.54 Å². The van der Waals surface area contributed by atoms with Crippen LogP contribution in [0, 0.1) is 11.3 Å². The van der Waals surface area contributed by atoms with Crippen molar-refractivity contribution >= 4 is 5.91 Å². The number of unbranched alkanes of at least 4 members (excludes halogenated alkanes) is 2. The van der Waals surface area contributed by atoms with E-state index in [1.807, 2.05) is 6.07 Å². The molecule has 1 aromatic rings. The third-order valence-electron chi connectivity index (χ3n) is 2.32. The van der Waals surface area contributed by atoms with Crippen LogP contribution in [-0.2, 0) is 6.18 Å². The first kappa shape index (κ1) is 15.0. The number of aromatic nitrogens is 1. The van der Waals surface area contributed by atoms with E-state index in [2.05, 4.69) is 10.3 Å². The second-order valence-electron chi connectivity index (χ2n) is 3.80. The highest BCUT2D eigenvalue weighted by atomic mass is 19.4. The smallest absolute Gasteiger partial charge is 0.351 e. The molecular weight excluding hydrogens is 259 g/mol. The fourth-order valence-electron chi connectivity index (χ4n) is 1.32. The topological polar surface area (TPSA) is 65.8 Å². The number of hydrogen-bond acceptors (Lipinski definition) is 3. The quantitative estimate of drug-likeness (QED) is 0.837. The molecule has 0 saturated carbocycles. The number of amides is 1. The van der Waals surface area contributed by atoms with E-state index < -0.39 is 17.6 Å². The van der Waals surface area contributed by atoms with Crippen molar-refractivity contribution in [3.05, 3.63) is 29.6 Å². The summed E-state index contributed by atoms with van der Waals surface area (Å²) in [5.74, 6) is -0.523. The molecular formula is C12H12F3N3O. The van der Waals surface area contributed by atoms with Crippen molar-refractivity contribution in [2.24, 2.45) is 0 Å². The Balaban J connectivity index is 2.48. The van der Waals surface area contributed by atoms with Gasteiger partial charge in [-0.3, -0.25) is 9.78 Å².